The first-order valence-electron chi connectivity index (χ1n) is 9.20. The van der Waals surface area contributed by atoms with Crippen molar-refractivity contribution in [1.82, 2.24) is 4.90 Å². The molecule has 0 aromatic heterocycles. The molecular formula is C23H22N2OS. The summed E-state index contributed by atoms with van der Waals surface area (Å²) in [7, 11) is 0. The average Bonchev–Trinajstić information content (AvgIpc) is 3.17. The van der Waals surface area contributed by atoms with Crippen molar-refractivity contribution in [3.05, 3.63) is 83.4 Å². The third-order valence-electron chi connectivity index (χ3n) is 4.81. The third-order valence-corrected chi connectivity index (χ3v) is 5.90. The Balaban J connectivity index is 1.45. The van der Waals surface area contributed by atoms with Gasteiger partial charge in [0.2, 0.25) is 5.91 Å². The van der Waals surface area contributed by atoms with E-state index in [0.717, 1.165) is 21.9 Å². The van der Waals surface area contributed by atoms with Gasteiger partial charge >= 0.3 is 0 Å². The van der Waals surface area contributed by atoms with E-state index in [0.29, 0.717) is 19.5 Å². The van der Waals surface area contributed by atoms with Crippen molar-refractivity contribution in [2.24, 2.45) is 4.99 Å². The zero-order valence-electron chi connectivity index (χ0n) is 15.4. The number of hydrogen-bond donors (Lipinski definition) is 0. The summed E-state index contributed by atoms with van der Waals surface area (Å²) in [5, 5.41) is 3.17. The number of rotatable bonds is 4. The summed E-state index contributed by atoms with van der Waals surface area (Å²) in [4.78, 5) is 19.4. The first-order valence-corrected chi connectivity index (χ1v) is 10.2. The van der Waals surface area contributed by atoms with Crippen molar-refractivity contribution in [1.29, 1.82) is 0 Å². The molecule has 4 heteroatoms. The molecule has 0 unspecified atom stereocenters. The fraction of sp³-hybridized carbons (Fsp3) is 0.217. The Morgan fingerprint density at radius 3 is 2.67 bits per heavy atom. The van der Waals surface area contributed by atoms with E-state index < -0.39 is 0 Å². The van der Waals surface area contributed by atoms with Gasteiger partial charge in [-0.15, -0.1) is 0 Å². The van der Waals surface area contributed by atoms with Crippen molar-refractivity contribution in [2.75, 3.05) is 13.1 Å². The summed E-state index contributed by atoms with van der Waals surface area (Å²) in [6.07, 6.45) is 0.408. The molecule has 0 saturated heterocycles. The lowest BCUT2D eigenvalue weighted by Gasteiger charge is -2.18. The molecule has 1 aliphatic heterocycles. The lowest BCUT2D eigenvalue weighted by atomic mass is 10.0. The van der Waals surface area contributed by atoms with Crippen LogP contribution in [0.15, 0.2) is 71.7 Å². The summed E-state index contributed by atoms with van der Waals surface area (Å²) in [6.45, 7) is 3.46. The molecule has 3 aromatic rings. The van der Waals surface area contributed by atoms with Gasteiger partial charge in [0.15, 0.2) is 5.17 Å². The molecule has 0 N–H and O–H groups in total. The lowest BCUT2D eigenvalue weighted by molar-refractivity contribution is -0.126. The van der Waals surface area contributed by atoms with E-state index in [-0.39, 0.29) is 5.91 Å². The normalized spacial score (nSPS) is 13.8. The van der Waals surface area contributed by atoms with Crippen LogP contribution in [0.25, 0.3) is 10.8 Å². The second-order valence-corrected chi connectivity index (χ2v) is 7.74. The Labute approximate surface area is 164 Å². The Bertz CT molecular complexity index is 989. The Kier molecular flexibility index (Phi) is 5.26. The SMILES string of the molecule is Cc1ccc(CSC2=NCCN2C(=O)Cc2cccc3ccccc23)cc1. The molecule has 0 saturated carbocycles. The average molecular weight is 375 g/mol. The molecule has 136 valence electrons. The Hall–Kier alpha value is -2.59. The van der Waals surface area contributed by atoms with Crippen LogP contribution >= 0.6 is 11.8 Å². The van der Waals surface area contributed by atoms with Crippen LogP contribution in [0.2, 0.25) is 0 Å². The summed E-state index contributed by atoms with van der Waals surface area (Å²) in [6, 6.07) is 22.9. The second kappa shape index (κ2) is 7.97. The van der Waals surface area contributed by atoms with E-state index in [1.165, 1.54) is 16.5 Å². The highest BCUT2D eigenvalue weighted by Crippen LogP contribution is 2.23. The molecular weight excluding hydrogens is 352 g/mol. The maximum atomic E-state index is 13.0. The predicted octanol–water partition coefficient (Wildman–Crippen LogP) is 4.82. The third kappa shape index (κ3) is 4.06. The number of amides is 1. The number of carbonyl (C=O) groups is 1. The number of aryl methyl sites for hydroxylation is 1. The quantitative estimate of drug-likeness (QED) is 0.656. The number of thioether (sulfide) groups is 1. The van der Waals surface area contributed by atoms with Gasteiger partial charge in [0.1, 0.15) is 0 Å². The number of fused-ring (bicyclic) bond motifs is 1. The molecule has 4 rings (SSSR count). The summed E-state index contributed by atoms with van der Waals surface area (Å²) >= 11 is 1.65. The molecule has 27 heavy (non-hydrogen) atoms. The van der Waals surface area contributed by atoms with Gasteiger partial charge in [0.05, 0.1) is 13.0 Å². The van der Waals surface area contributed by atoms with Crippen LogP contribution in [0.4, 0.5) is 0 Å². The van der Waals surface area contributed by atoms with Crippen LogP contribution in [-0.2, 0) is 17.0 Å². The summed E-state index contributed by atoms with van der Waals surface area (Å²) in [5.74, 6) is 0.955. The predicted molar refractivity (Wildman–Crippen MR) is 114 cm³/mol. The van der Waals surface area contributed by atoms with E-state index in [9.17, 15) is 4.79 Å². The van der Waals surface area contributed by atoms with Crippen molar-refractivity contribution in [3.63, 3.8) is 0 Å². The zero-order valence-corrected chi connectivity index (χ0v) is 16.2. The number of aliphatic imine (C=N–C) groups is 1. The minimum absolute atomic E-state index is 0.124. The topological polar surface area (TPSA) is 32.7 Å². The van der Waals surface area contributed by atoms with Gasteiger partial charge in [-0.1, -0.05) is 84.1 Å². The van der Waals surface area contributed by atoms with E-state index in [4.69, 9.17) is 0 Å². The summed E-state index contributed by atoms with van der Waals surface area (Å²) in [5.41, 5.74) is 3.59. The largest absolute Gasteiger partial charge is 0.289 e. The highest BCUT2D eigenvalue weighted by molar-refractivity contribution is 8.13. The zero-order chi connectivity index (χ0) is 18.6. The standard InChI is InChI=1S/C23H22N2OS/c1-17-9-11-18(12-10-17)16-27-23-24-13-14-25(23)22(26)15-20-7-4-6-19-5-2-3-8-21(19)20/h2-12H,13-16H2,1H3. The molecule has 1 amide bonds. The van der Waals surface area contributed by atoms with Crippen molar-refractivity contribution in [3.8, 4) is 0 Å². The second-order valence-electron chi connectivity index (χ2n) is 6.80. The maximum Gasteiger partial charge on any atom is 0.233 e. The van der Waals surface area contributed by atoms with E-state index in [2.05, 4.69) is 54.4 Å². The van der Waals surface area contributed by atoms with Crippen LogP contribution < -0.4 is 0 Å². The molecule has 0 fully saturated rings. The fourth-order valence-corrected chi connectivity index (χ4v) is 4.34. The van der Waals surface area contributed by atoms with Crippen LogP contribution in [0.3, 0.4) is 0 Å². The molecule has 3 nitrogen and oxygen atoms in total. The molecule has 1 aliphatic rings. The van der Waals surface area contributed by atoms with Gasteiger partial charge in [-0.05, 0) is 28.8 Å². The molecule has 0 spiro atoms. The highest BCUT2D eigenvalue weighted by atomic mass is 32.2. The number of benzene rings is 3. The van der Waals surface area contributed by atoms with Crippen molar-refractivity contribution < 1.29 is 4.79 Å². The highest BCUT2D eigenvalue weighted by Gasteiger charge is 2.24. The molecule has 0 aliphatic carbocycles. The number of amidine groups is 1. The monoisotopic (exact) mass is 374 g/mol. The molecule has 1 heterocycles. The first kappa shape index (κ1) is 17.8. The van der Waals surface area contributed by atoms with Crippen LogP contribution in [0.1, 0.15) is 16.7 Å². The van der Waals surface area contributed by atoms with Crippen LogP contribution in [-0.4, -0.2) is 29.1 Å². The lowest BCUT2D eigenvalue weighted by Crippen LogP contribution is -2.34. The van der Waals surface area contributed by atoms with Crippen molar-refractivity contribution >= 4 is 33.6 Å². The number of carbonyl (C=O) groups excluding carboxylic acids is 1. The Morgan fingerprint density at radius 1 is 1.04 bits per heavy atom. The van der Waals surface area contributed by atoms with Gasteiger partial charge < -0.3 is 0 Å². The minimum atomic E-state index is 0.124. The minimum Gasteiger partial charge on any atom is -0.289 e. The molecule has 0 bridgehead atoms. The fourth-order valence-electron chi connectivity index (χ4n) is 3.32. The van der Waals surface area contributed by atoms with Gasteiger partial charge in [0, 0.05) is 12.3 Å². The number of nitrogens with zero attached hydrogens (tertiary/aromatic N) is 2. The van der Waals surface area contributed by atoms with E-state index in [1.807, 2.05) is 29.2 Å². The van der Waals surface area contributed by atoms with Gasteiger partial charge in [0.25, 0.3) is 0 Å². The first-order chi connectivity index (χ1) is 13.2. The smallest absolute Gasteiger partial charge is 0.233 e. The van der Waals surface area contributed by atoms with E-state index >= 15 is 0 Å². The summed E-state index contributed by atoms with van der Waals surface area (Å²) < 4.78 is 0. The van der Waals surface area contributed by atoms with Crippen LogP contribution in [0, 0.1) is 6.92 Å². The van der Waals surface area contributed by atoms with Gasteiger partial charge in [-0.3, -0.25) is 14.7 Å². The van der Waals surface area contributed by atoms with Gasteiger partial charge in [-0.2, -0.15) is 0 Å². The van der Waals surface area contributed by atoms with Gasteiger partial charge in [-0.25, -0.2) is 0 Å². The molecule has 0 atom stereocenters. The van der Waals surface area contributed by atoms with Crippen molar-refractivity contribution in [2.45, 2.75) is 19.1 Å². The molecule has 3 aromatic carbocycles. The van der Waals surface area contributed by atoms with E-state index in [1.54, 1.807) is 11.8 Å². The molecule has 0 radical (unpaired) electrons. The van der Waals surface area contributed by atoms with Crippen LogP contribution in [0.5, 0.6) is 0 Å². The Morgan fingerprint density at radius 2 is 1.81 bits per heavy atom. The number of hydrogen-bond acceptors (Lipinski definition) is 3. The maximum absolute atomic E-state index is 13.0.